The standard InChI is InChI=1S/C21H41NO/c1-3-4-5-6-7-8-9-10-11-12-13-14-15-18-21(23)22-19-16-17-20(22)2/h20H,3-19H2,1-2H3/t20-/m0/s1. The Labute approximate surface area is 145 Å². The number of hydrogen-bond donors (Lipinski definition) is 0. The van der Waals surface area contributed by atoms with Crippen LogP contribution in [0.15, 0.2) is 0 Å². The van der Waals surface area contributed by atoms with E-state index in [9.17, 15) is 4.79 Å². The maximum Gasteiger partial charge on any atom is 0.222 e. The number of unbranched alkanes of at least 4 members (excludes halogenated alkanes) is 12. The Morgan fingerprint density at radius 1 is 0.826 bits per heavy atom. The fraction of sp³-hybridized carbons (Fsp3) is 0.952. The number of carbonyl (C=O) groups excluding carboxylic acids is 1. The summed E-state index contributed by atoms with van der Waals surface area (Å²) in [6.07, 6.45) is 21.0. The summed E-state index contributed by atoms with van der Waals surface area (Å²) in [6, 6.07) is 0.490. The molecule has 0 aromatic heterocycles. The van der Waals surface area contributed by atoms with Gasteiger partial charge in [-0.2, -0.15) is 0 Å². The molecule has 1 atom stereocenters. The van der Waals surface area contributed by atoms with E-state index in [2.05, 4.69) is 18.7 Å². The number of likely N-dealkylation sites (tertiary alicyclic amines) is 1. The molecule has 0 spiro atoms. The van der Waals surface area contributed by atoms with Crippen LogP contribution in [0.2, 0.25) is 0 Å². The van der Waals surface area contributed by atoms with Crippen LogP contribution in [0.5, 0.6) is 0 Å². The van der Waals surface area contributed by atoms with Crippen LogP contribution in [0.1, 0.15) is 117 Å². The fourth-order valence-corrected chi connectivity index (χ4v) is 3.74. The molecule has 0 aliphatic carbocycles. The quantitative estimate of drug-likeness (QED) is 0.335. The highest BCUT2D eigenvalue weighted by molar-refractivity contribution is 5.76. The monoisotopic (exact) mass is 323 g/mol. The van der Waals surface area contributed by atoms with Crippen LogP contribution in [0.25, 0.3) is 0 Å². The molecule has 0 bridgehead atoms. The minimum Gasteiger partial charge on any atom is -0.340 e. The summed E-state index contributed by atoms with van der Waals surface area (Å²) in [5.74, 6) is 0.401. The smallest absolute Gasteiger partial charge is 0.222 e. The number of nitrogens with zero attached hydrogens (tertiary/aromatic N) is 1. The largest absolute Gasteiger partial charge is 0.340 e. The molecule has 1 fully saturated rings. The Morgan fingerprint density at radius 3 is 1.74 bits per heavy atom. The number of amides is 1. The molecule has 1 aliphatic rings. The molecule has 1 amide bonds. The fourth-order valence-electron chi connectivity index (χ4n) is 3.74. The van der Waals surface area contributed by atoms with Gasteiger partial charge in [0.05, 0.1) is 0 Å². The minimum absolute atomic E-state index is 0.401. The first-order valence-corrected chi connectivity index (χ1v) is 10.5. The lowest BCUT2D eigenvalue weighted by Crippen LogP contribution is -2.33. The van der Waals surface area contributed by atoms with Gasteiger partial charge in [0.1, 0.15) is 0 Å². The van der Waals surface area contributed by atoms with Crippen molar-refractivity contribution in [2.75, 3.05) is 6.54 Å². The van der Waals surface area contributed by atoms with Crippen molar-refractivity contribution < 1.29 is 4.79 Å². The topological polar surface area (TPSA) is 20.3 Å². The molecule has 0 radical (unpaired) electrons. The minimum atomic E-state index is 0.401. The molecular weight excluding hydrogens is 282 g/mol. The van der Waals surface area contributed by atoms with E-state index in [0.29, 0.717) is 11.9 Å². The van der Waals surface area contributed by atoms with E-state index in [1.165, 1.54) is 89.9 Å². The highest BCUT2D eigenvalue weighted by Crippen LogP contribution is 2.19. The molecule has 23 heavy (non-hydrogen) atoms. The summed E-state index contributed by atoms with van der Waals surface area (Å²) in [7, 11) is 0. The van der Waals surface area contributed by atoms with E-state index in [-0.39, 0.29) is 0 Å². The van der Waals surface area contributed by atoms with Crippen molar-refractivity contribution in [3.63, 3.8) is 0 Å². The van der Waals surface area contributed by atoms with Crippen LogP contribution in [0.3, 0.4) is 0 Å². The molecule has 0 unspecified atom stereocenters. The second kappa shape index (κ2) is 13.9. The SMILES string of the molecule is CCCCCCCCCCCCCCCC(=O)N1CCC[C@@H]1C. The maximum atomic E-state index is 12.1. The maximum absolute atomic E-state index is 12.1. The second-order valence-electron chi connectivity index (χ2n) is 7.57. The van der Waals surface area contributed by atoms with E-state index in [1.807, 2.05) is 0 Å². The van der Waals surface area contributed by atoms with Crippen LogP contribution in [-0.2, 0) is 4.79 Å². The molecule has 0 aromatic carbocycles. The van der Waals surface area contributed by atoms with Gasteiger partial charge in [-0.3, -0.25) is 4.79 Å². The number of carbonyl (C=O) groups is 1. The van der Waals surface area contributed by atoms with Crippen LogP contribution < -0.4 is 0 Å². The van der Waals surface area contributed by atoms with Crippen LogP contribution in [0.4, 0.5) is 0 Å². The Bertz CT molecular complexity index is 290. The summed E-state index contributed by atoms with van der Waals surface area (Å²) in [5, 5.41) is 0. The van der Waals surface area contributed by atoms with Crippen LogP contribution >= 0.6 is 0 Å². The molecule has 1 aliphatic heterocycles. The average Bonchev–Trinajstić information content (AvgIpc) is 2.98. The van der Waals surface area contributed by atoms with Crippen molar-refractivity contribution >= 4 is 5.91 Å². The van der Waals surface area contributed by atoms with E-state index in [0.717, 1.165) is 19.4 Å². The molecule has 2 nitrogen and oxygen atoms in total. The summed E-state index contributed by atoms with van der Waals surface area (Å²) < 4.78 is 0. The van der Waals surface area contributed by atoms with Gasteiger partial charge in [-0.05, 0) is 26.2 Å². The van der Waals surface area contributed by atoms with E-state index < -0.39 is 0 Å². The van der Waals surface area contributed by atoms with Gasteiger partial charge in [0, 0.05) is 19.0 Å². The Morgan fingerprint density at radius 2 is 1.30 bits per heavy atom. The van der Waals surface area contributed by atoms with Gasteiger partial charge in [0.15, 0.2) is 0 Å². The van der Waals surface area contributed by atoms with Crippen molar-refractivity contribution in [1.29, 1.82) is 0 Å². The highest BCUT2D eigenvalue weighted by Gasteiger charge is 2.24. The average molecular weight is 324 g/mol. The van der Waals surface area contributed by atoms with Crippen molar-refractivity contribution in [3.05, 3.63) is 0 Å². The molecule has 2 heteroatoms. The predicted molar refractivity (Wildman–Crippen MR) is 101 cm³/mol. The zero-order valence-corrected chi connectivity index (χ0v) is 16.0. The van der Waals surface area contributed by atoms with Crippen LogP contribution in [0, 0.1) is 0 Å². The number of rotatable bonds is 14. The molecule has 136 valence electrons. The van der Waals surface area contributed by atoms with Gasteiger partial charge < -0.3 is 4.90 Å². The summed E-state index contributed by atoms with van der Waals surface area (Å²) in [5.41, 5.74) is 0. The zero-order chi connectivity index (χ0) is 16.8. The van der Waals surface area contributed by atoms with Gasteiger partial charge in [0.25, 0.3) is 0 Å². The van der Waals surface area contributed by atoms with Gasteiger partial charge in [0.2, 0.25) is 5.91 Å². The molecule has 1 rings (SSSR count). The Balaban J connectivity index is 1.79. The van der Waals surface area contributed by atoms with Crippen LogP contribution in [-0.4, -0.2) is 23.4 Å². The zero-order valence-electron chi connectivity index (χ0n) is 16.0. The first-order valence-electron chi connectivity index (χ1n) is 10.5. The summed E-state index contributed by atoms with van der Waals surface area (Å²) in [6.45, 7) is 5.47. The van der Waals surface area contributed by atoms with Crippen molar-refractivity contribution in [3.8, 4) is 0 Å². The third-order valence-corrected chi connectivity index (χ3v) is 5.37. The first-order chi connectivity index (χ1) is 11.3. The lowest BCUT2D eigenvalue weighted by molar-refractivity contribution is -0.131. The summed E-state index contributed by atoms with van der Waals surface area (Å²) in [4.78, 5) is 14.2. The molecule has 0 N–H and O–H groups in total. The van der Waals surface area contributed by atoms with Gasteiger partial charge in [-0.1, -0.05) is 84.0 Å². The third kappa shape index (κ3) is 10.0. The van der Waals surface area contributed by atoms with Crippen molar-refractivity contribution in [2.24, 2.45) is 0 Å². The molecule has 1 saturated heterocycles. The Hall–Kier alpha value is -0.530. The molecule has 0 aromatic rings. The predicted octanol–water partition coefficient (Wildman–Crippen LogP) is 6.48. The third-order valence-electron chi connectivity index (χ3n) is 5.37. The summed E-state index contributed by atoms with van der Waals surface area (Å²) >= 11 is 0. The van der Waals surface area contributed by atoms with E-state index in [1.54, 1.807) is 0 Å². The first kappa shape index (κ1) is 20.5. The molecule has 0 saturated carbocycles. The van der Waals surface area contributed by atoms with Crippen molar-refractivity contribution in [2.45, 2.75) is 123 Å². The molecule has 1 heterocycles. The second-order valence-corrected chi connectivity index (χ2v) is 7.57. The van der Waals surface area contributed by atoms with Crippen molar-refractivity contribution in [1.82, 2.24) is 4.90 Å². The Kier molecular flexibility index (Phi) is 12.4. The normalized spacial score (nSPS) is 17.8. The lowest BCUT2D eigenvalue weighted by atomic mass is 10.0. The van der Waals surface area contributed by atoms with Gasteiger partial charge in [-0.25, -0.2) is 0 Å². The molecular formula is C21H41NO. The van der Waals surface area contributed by atoms with Gasteiger partial charge in [-0.15, -0.1) is 0 Å². The number of hydrogen-bond acceptors (Lipinski definition) is 1. The lowest BCUT2D eigenvalue weighted by Gasteiger charge is -2.21. The van der Waals surface area contributed by atoms with E-state index >= 15 is 0 Å². The van der Waals surface area contributed by atoms with E-state index in [4.69, 9.17) is 0 Å². The highest BCUT2D eigenvalue weighted by atomic mass is 16.2. The van der Waals surface area contributed by atoms with Gasteiger partial charge >= 0.3 is 0 Å².